The summed E-state index contributed by atoms with van der Waals surface area (Å²) in [4.78, 5) is 29.3. The first-order valence-electron chi connectivity index (χ1n) is 11.8. The van der Waals surface area contributed by atoms with E-state index in [1.165, 1.54) is 0 Å². The van der Waals surface area contributed by atoms with E-state index in [9.17, 15) is 4.79 Å². The topological polar surface area (TPSA) is 123 Å². The number of carbonyl (C=O) groups is 1. The lowest BCUT2D eigenvalue weighted by atomic mass is 10.1. The number of benzene rings is 2. The van der Waals surface area contributed by atoms with Crippen LogP contribution in [0.15, 0.2) is 59.7 Å². The van der Waals surface area contributed by atoms with Crippen molar-refractivity contribution in [3.05, 3.63) is 71.7 Å². The zero-order valence-corrected chi connectivity index (χ0v) is 21.3. The number of nitrogens with one attached hydrogen (secondary N) is 3. The molecule has 0 aliphatic rings. The number of amides is 1. The van der Waals surface area contributed by atoms with Gasteiger partial charge in [-0.3, -0.25) is 20.4 Å². The van der Waals surface area contributed by atoms with Crippen LogP contribution in [0.3, 0.4) is 0 Å². The van der Waals surface area contributed by atoms with Crippen molar-refractivity contribution in [2.24, 2.45) is 4.99 Å². The molecule has 4 aromatic rings. The number of hydrogen-bond donors (Lipinski definition) is 3. The average molecular weight is 503 g/mol. The van der Waals surface area contributed by atoms with Gasteiger partial charge in [0.25, 0.3) is 5.91 Å². The molecule has 2 aromatic carbocycles. The fraction of sp³-hybridized carbons (Fsp3) is 0.259. The number of aryl methyl sites for hydroxylation is 2. The summed E-state index contributed by atoms with van der Waals surface area (Å²) in [7, 11) is 3.23. The molecule has 0 unspecified atom stereocenters. The minimum atomic E-state index is -0.372. The first kappa shape index (κ1) is 25.5. The van der Waals surface area contributed by atoms with Gasteiger partial charge in [-0.25, -0.2) is 9.97 Å². The van der Waals surface area contributed by atoms with Crippen LogP contribution in [0, 0.1) is 13.8 Å². The second-order valence-corrected chi connectivity index (χ2v) is 8.32. The molecule has 10 heteroatoms. The molecule has 4 rings (SSSR count). The maximum absolute atomic E-state index is 12.7. The van der Waals surface area contributed by atoms with E-state index in [1.807, 2.05) is 44.3 Å². The van der Waals surface area contributed by atoms with E-state index < -0.39 is 0 Å². The molecule has 192 valence electrons. The fourth-order valence-electron chi connectivity index (χ4n) is 3.77. The first-order chi connectivity index (χ1) is 17.9. The number of carbonyl (C=O) groups excluding carboxylic acids is 1. The highest BCUT2D eigenvalue weighted by atomic mass is 16.5. The Kier molecular flexibility index (Phi) is 8.19. The van der Waals surface area contributed by atoms with E-state index in [0.29, 0.717) is 30.4 Å². The van der Waals surface area contributed by atoms with Crippen LogP contribution >= 0.6 is 0 Å². The molecule has 0 saturated carbocycles. The van der Waals surface area contributed by atoms with Crippen molar-refractivity contribution in [3.63, 3.8) is 0 Å². The highest BCUT2D eigenvalue weighted by Gasteiger charge is 2.11. The van der Waals surface area contributed by atoms with Gasteiger partial charge in [0.05, 0.1) is 14.2 Å². The Bertz CT molecular complexity index is 1380. The first-order valence-corrected chi connectivity index (χ1v) is 11.8. The SMILES string of the molecule is COc1ccc(OCC(=O)NC(=NCCc2c[nH]c3ccc(OC)cc23)Nc2nc(C)cc(C)n2)cc1. The van der Waals surface area contributed by atoms with Crippen LogP contribution in [0.1, 0.15) is 17.0 Å². The van der Waals surface area contributed by atoms with Gasteiger partial charge in [-0.2, -0.15) is 0 Å². The Hall–Kier alpha value is -4.60. The normalized spacial score (nSPS) is 11.3. The monoisotopic (exact) mass is 502 g/mol. The van der Waals surface area contributed by atoms with E-state index in [2.05, 4.69) is 30.6 Å². The number of aromatic nitrogens is 3. The molecule has 0 fully saturated rings. The van der Waals surface area contributed by atoms with Gasteiger partial charge in [0.2, 0.25) is 11.9 Å². The van der Waals surface area contributed by atoms with Gasteiger partial charge in [0, 0.05) is 35.0 Å². The lowest BCUT2D eigenvalue weighted by molar-refractivity contribution is -0.121. The summed E-state index contributed by atoms with van der Waals surface area (Å²) in [6.45, 7) is 3.98. The van der Waals surface area contributed by atoms with Crippen LogP contribution in [0.4, 0.5) is 5.95 Å². The predicted molar refractivity (Wildman–Crippen MR) is 143 cm³/mol. The average Bonchev–Trinajstić information content (AvgIpc) is 3.29. The Balaban J connectivity index is 1.45. The number of aliphatic imine (C=N–C) groups is 1. The highest BCUT2D eigenvalue weighted by Crippen LogP contribution is 2.24. The van der Waals surface area contributed by atoms with Crippen LogP contribution in [0.25, 0.3) is 10.9 Å². The summed E-state index contributed by atoms with van der Waals surface area (Å²) in [6, 6.07) is 14.8. The number of fused-ring (bicyclic) bond motifs is 1. The zero-order chi connectivity index (χ0) is 26.2. The second-order valence-electron chi connectivity index (χ2n) is 8.32. The van der Waals surface area contributed by atoms with Gasteiger partial charge in [0.15, 0.2) is 6.61 Å². The molecule has 0 spiro atoms. The van der Waals surface area contributed by atoms with E-state index in [1.54, 1.807) is 38.5 Å². The predicted octanol–water partition coefficient (Wildman–Crippen LogP) is 3.80. The van der Waals surface area contributed by atoms with Gasteiger partial charge in [-0.05, 0) is 74.4 Å². The summed E-state index contributed by atoms with van der Waals surface area (Å²) in [5.41, 5.74) is 3.71. The van der Waals surface area contributed by atoms with Crippen LogP contribution in [-0.2, 0) is 11.2 Å². The molecule has 0 aliphatic carbocycles. The molecule has 3 N–H and O–H groups in total. The highest BCUT2D eigenvalue weighted by molar-refractivity contribution is 6.03. The molecule has 0 aliphatic heterocycles. The third-order valence-corrected chi connectivity index (χ3v) is 5.53. The summed E-state index contributed by atoms with van der Waals surface area (Å²) in [5, 5.41) is 6.88. The Morgan fingerprint density at radius 1 is 0.946 bits per heavy atom. The Morgan fingerprint density at radius 2 is 1.62 bits per heavy atom. The molecule has 0 atom stereocenters. The standard InChI is InChI=1S/C27H30N6O4/c1-17-13-18(2)31-27(30-17)33-26(32-25(34)16-37-21-7-5-20(35-3)6-8-21)28-12-11-19-15-29-24-10-9-22(36-4)14-23(19)24/h5-10,13-15,29H,11-12,16H2,1-4H3,(H2,28,30,31,32,33,34). The lowest BCUT2D eigenvalue weighted by Crippen LogP contribution is -2.39. The Labute approximate surface area is 215 Å². The number of guanidine groups is 1. The van der Waals surface area contributed by atoms with Crippen molar-refractivity contribution in [1.82, 2.24) is 20.3 Å². The number of rotatable bonds is 9. The van der Waals surface area contributed by atoms with Crippen molar-refractivity contribution in [2.45, 2.75) is 20.3 Å². The van der Waals surface area contributed by atoms with Crippen LogP contribution in [-0.4, -0.2) is 54.2 Å². The third-order valence-electron chi connectivity index (χ3n) is 5.53. The smallest absolute Gasteiger partial charge is 0.264 e. The quantitative estimate of drug-likeness (QED) is 0.235. The minimum absolute atomic E-state index is 0.191. The van der Waals surface area contributed by atoms with E-state index in [-0.39, 0.29) is 18.5 Å². The van der Waals surface area contributed by atoms with Gasteiger partial charge >= 0.3 is 0 Å². The molecular weight excluding hydrogens is 472 g/mol. The molecule has 0 bridgehead atoms. The largest absolute Gasteiger partial charge is 0.497 e. The molecule has 0 saturated heterocycles. The number of anilines is 1. The number of ether oxygens (including phenoxy) is 3. The fourth-order valence-corrected chi connectivity index (χ4v) is 3.77. The van der Waals surface area contributed by atoms with Gasteiger partial charge in [-0.1, -0.05) is 0 Å². The van der Waals surface area contributed by atoms with E-state index in [4.69, 9.17) is 14.2 Å². The maximum atomic E-state index is 12.7. The molecular formula is C27H30N6O4. The van der Waals surface area contributed by atoms with Gasteiger partial charge in [0.1, 0.15) is 17.2 Å². The molecule has 37 heavy (non-hydrogen) atoms. The Morgan fingerprint density at radius 3 is 2.32 bits per heavy atom. The zero-order valence-electron chi connectivity index (χ0n) is 21.3. The number of nitrogens with zero attached hydrogens (tertiary/aromatic N) is 3. The maximum Gasteiger partial charge on any atom is 0.264 e. The van der Waals surface area contributed by atoms with Gasteiger partial charge in [-0.15, -0.1) is 0 Å². The van der Waals surface area contributed by atoms with E-state index >= 15 is 0 Å². The van der Waals surface area contributed by atoms with E-state index in [0.717, 1.165) is 33.6 Å². The van der Waals surface area contributed by atoms with Crippen LogP contribution in [0.5, 0.6) is 17.2 Å². The molecule has 0 radical (unpaired) electrons. The summed E-state index contributed by atoms with van der Waals surface area (Å²) < 4.78 is 16.1. The second kappa shape index (κ2) is 11.9. The van der Waals surface area contributed by atoms with Crippen molar-refractivity contribution in [3.8, 4) is 17.2 Å². The number of aromatic amines is 1. The number of H-pyrrole nitrogens is 1. The third kappa shape index (κ3) is 6.97. The summed E-state index contributed by atoms with van der Waals surface area (Å²) >= 11 is 0. The van der Waals surface area contributed by atoms with Crippen molar-refractivity contribution in [2.75, 3.05) is 32.7 Å². The molecule has 1 amide bonds. The number of hydrogen-bond acceptors (Lipinski definition) is 7. The molecule has 2 aromatic heterocycles. The van der Waals surface area contributed by atoms with Crippen LogP contribution in [0.2, 0.25) is 0 Å². The number of methoxy groups -OCH3 is 2. The summed E-state index contributed by atoms with van der Waals surface area (Å²) in [6.07, 6.45) is 2.60. The molecule has 2 heterocycles. The van der Waals surface area contributed by atoms with Crippen molar-refractivity contribution in [1.29, 1.82) is 0 Å². The lowest BCUT2D eigenvalue weighted by Gasteiger charge is -2.12. The van der Waals surface area contributed by atoms with Gasteiger partial charge < -0.3 is 19.2 Å². The van der Waals surface area contributed by atoms with Crippen LogP contribution < -0.4 is 24.8 Å². The summed E-state index contributed by atoms with van der Waals surface area (Å²) in [5.74, 6) is 2.26. The molecule has 10 nitrogen and oxygen atoms in total. The minimum Gasteiger partial charge on any atom is -0.497 e. The van der Waals surface area contributed by atoms with Crippen molar-refractivity contribution >= 4 is 28.7 Å². The van der Waals surface area contributed by atoms with Crippen molar-refractivity contribution < 1.29 is 19.0 Å².